The van der Waals surface area contributed by atoms with Gasteiger partial charge in [0.15, 0.2) is 0 Å². The average molecular weight is 673 g/mol. The molecule has 222 valence electrons. The van der Waals surface area contributed by atoms with E-state index in [0.717, 1.165) is 34.2 Å². The predicted octanol–water partition coefficient (Wildman–Crippen LogP) is 1.52. The molecular formula is C33H42Cl4N3V. The zero-order chi connectivity index (χ0) is 27.4. The third-order valence-electron chi connectivity index (χ3n) is 6.78. The summed E-state index contributed by atoms with van der Waals surface area (Å²) >= 11 is 6.62. The topological polar surface area (TPSA) is 37.6 Å². The number of nitrogens with zero attached hydrogens (tertiary/aromatic N) is 3. The van der Waals surface area contributed by atoms with Crippen LogP contribution in [0.4, 0.5) is 11.4 Å². The van der Waals surface area contributed by atoms with Gasteiger partial charge in [0.25, 0.3) is 0 Å². The summed E-state index contributed by atoms with van der Waals surface area (Å²) in [5.74, 6) is 1.50. The van der Waals surface area contributed by atoms with Crippen molar-refractivity contribution in [2.24, 2.45) is 9.98 Å². The van der Waals surface area contributed by atoms with Crippen LogP contribution in [0.25, 0.3) is 0 Å². The summed E-state index contributed by atoms with van der Waals surface area (Å²) < 4.78 is 0. The molecule has 3 aromatic rings. The molecule has 1 heterocycles. The van der Waals surface area contributed by atoms with Gasteiger partial charge < -0.3 is 37.2 Å². The zero-order valence-electron chi connectivity index (χ0n) is 25.7. The third-order valence-corrected chi connectivity index (χ3v) is 6.99. The first-order valence-corrected chi connectivity index (χ1v) is 13.8. The number of para-hydroxylation sites is 2. The standard InChI is InChI=1S/C33H42ClN3.3ClH.V/c1-19(2)26-13-11-14-27(20(3)4)32(26)35-23(9)30-17-25(34)18-31(37-30)24(10)36-33-28(21(5)6)15-12-16-29(33)22(7)8;;;;/h11-22H,1-10H3;3*1H;/q;;;;+3/p-3. The van der Waals surface area contributed by atoms with Gasteiger partial charge in [0.05, 0.1) is 34.2 Å². The fourth-order valence-electron chi connectivity index (χ4n) is 4.60. The molecule has 3 nitrogen and oxygen atoms in total. The molecule has 0 aliphatic heterocycles. The number of pyridine rings is 1. The van der Waals surface area contributed by atoms with Gasteiger partial charge in [-0.05, 0) is 71.9 Å². The van der Waals surface area contributed by atoms with Crippen LogP contribution in [-0.4, -0.2) is 16.4 Å². The van der Waals surface area contributed by atoms with Crippen molar-refractivity contribution in [1.29, 1.82) is 0 Å². The minimum absolute atomic E-state index is 0. The summed E-state index contributed by atoms with van der Waals surface area (Å²) in [5.41, 5.74) is 10.3. The van der Waals surface area contributed by atoms with E-state index in [-0.39, 0.29) is 55.8 Å². The fraction of sp³-hybridized carbons (Fsp3) is 0.424. The Morgan fingerprint density at radius 3 is 1.10 bits per heavy atom. The van der Waals surface area contributed by atoms with Crippen molar-refractivity contribution in [1.82, 2.24) is 4.98 Å². The number of halogens is 4. The summed E-state index contributed by atoms with van der Waals surface area (Å²) in [4.78, 5) is 15.2. The Bertz CT molecular complexity index is 1180. The summed E-state index contributed by atoms with van der Waals surface area (Å²) in [6.45, 7) is 21.7. The van der Waals surface area contributed by atoms with Gasteiger partial charge >= 0.3 is 18.6 Å². The Labute approximate surface area is 283 Å². The van der Waals surface area contributed by atoms with Gasteiger partial charge in [-0.1, -0.05) is 103 Å². The van der Waals surface area contributed by atoms with Crippen LogP contribution in [0, 0.1) is 0 Å². The van der Waals surface area contributed by atoms with E-state index in [1.807, 2.05) is 26.0 Å². The molecule has 8 heteroatoms. The van der Waals surface area contributed by atoms with Gasteiger partial charge in [0.2, 0.25) is 0 Å². The number of rotatable bonds is 8. The van der Waals surface area contributed by atoms with Gasteiger partial charge in [-0.15, -0.1) is 0 Å². The molecule has 0 aliphatic rings. The molecule has 0 fully saturated rings. The van der Waals surface area contributed by atoms with Gasteiger partial charge in [-0.2, -0.15) is 0 Å². The maximum atomic E-state index is 6.62. The van der Waals surface area contributed by atoms with E-state index in [1.165, 1.54) is 22.3 Å². The van der Waals surface area contributed by atoms with Crippen LogP contribution in [-0.2, 0) is 18.6 Å². The van der Waals surface area contributed by atoms with Crippen molar-refractivity contribution in [3.63, 3.8) is 0 Å². The maximum Gasteiger partial charge on any atom is 3.00 e. The molecule has 2 aromatic carbocycles. The number of aliphatic imine (C=N–C) groups is 2. The van der Waals surface area contributed by atoms with Crippen LogP contribution in [0.1, 0.15) is 127 Å². The molecule has 0 radical (unpaired) electrons. The number of hydrogen-bond donors (Lipinski definition) is 0. The Morgan fingerprint density at radius 2 is 0.854 bits per heavy atom. The number of aromatic nitrogens is 1. The number of benzene rings is 2. The van der Waals surface area contributed by atoms with Crippen LogP contribution in [0.3, 0.4) is 0 Å². The quantitative estimate of drug-likeness (QED) is 0.335. The largest absolute Gasteiger partial charge is 3.00 e. The molecule has 3 rings (SSSR count). The summed E-state index contributed by atoms with van der Waals surface area (Å²) in [6.07, 6.45) is 0. The normalized spacial score (nSPS) is 11.7. The van der Waals surface area contributed by atoms with Crippen molar-refractivity contribution >= 4 is 34.4 Å². The van der Waals surface area contributed by atoms with Gasteiger partial charge in [0.1, 0.15) is 0 Å². The second kappa shape index (κ2) is 18.4. The van der Waals surface area contributed by atoms with E-state index in [1.54, 1.807) is 0 Å². The molecule has 0 unspecified atom stereocenters. The van der Waals surface area contributed by atoms with Gasteiger partial charge in [0, 0.05) is 5.02 Å². The molecule has 0 spiro atoms. The Balaban J connectivity index is 0. The minimum atomic E-state index is 0. The molecule has 1 aromatic heterocycles. The van der Waals surface area contributed by atoms with E-state index in [0.29, 0.717) is 28.7 Å². The van der Waals surface area contributed by atoms with Gasteiger partial charge in [-0.3, -0.25) is 9.98 Å². The number of hydrogen-bond acceptors (Lipinski definition) is 3. The van der Waals surface area contributed by atoms with Crippen molar-refractivity contribution in [3.8, 4) is 0 Å². The Morgan fingerprint density at radius 1 is 0.585 bits per heavy atom. The summed E-state index contributed by atoms with van der Waals surface area (Å²) in [6, 6.07) is 16.8. The molecule has 0 amide bonds. The smallest absolute Gasteiger partial charge is 1.00 e. The van der Waals surface area contributed by atoms with Crippen LogP contribution in [0.2, 0.25) is 5.02 Å². The maximum absolute atomic E-state index is 6.62. The first-order valence-electron chi connectivity index (χ1n) is 13.4. The molecule has 0 N–H and O–H groups in total. The monoisotopic (exact) mass is 671 g/mol. The SMILES string of the molecule is CC(=Nc1c(C(C)C)cccc1C(C)C)c1cc(Cl)cc(C(C)=Nc2c(C(C)C)cccc2C(C)C)n1.[Cl-].[Cl-].[Cl-].[V+3]. The van der Waals surface area contributed by atoms with Crippen molar-refractivity contribution in [3.05, 3.63) is 87.2 Å². The molecule has 41 heavy (non-hydrogen) atoms. The summed E-state index contributed by atoms with van der Waals surface area (Å²) in [5, 5.41) is 0.631. The predicted molar refractivity (Wildman–Crippen MR) is 162 cm³/mol. The van der Waals surface area contributed by atoms with Crippen LogP contribution in [0.5, 0.6) is 0 Å². The first-order chi connectivity index (χ1) is 17.4. The van der Waals surface area contributed by atoms with Crippen molar-refractivity contribution in [2.45, 2.75) is 92.9 Å². The molecule has 0 atom stereocenters. The van der Waals surface area contributed by atoms with E-state index in [2.05, 4.69) is 91.8 Å². The Kier molecular flexibility index (Phi) is 18.7. The van der Waals surface area contributed by atoms with Crippen molar-refractivity contribution in [2.75, 3.05) is 0 Å². The molecule has 0 aliphatic carbocycles. The Hall–Kier alpha value is -1.33. The zero-order valence-corrected chi connectivity index (χ0v) is 30.1. The van der Waals surface area contributed by atoms with E-state index < -0.39 is 0 Å². The molecule has 0 saturated carbocycles. The minimum Gasteiger partial charge on any atom is -1.00 e. The third kappa shape index (κ3) is 10.4. The summed E-state index contributed by atoms with van der Waals surface area (Å²) in [7, 11) is 0. The molecule has 0 saturated heterocycles. The van der Waals surface area contributed by atoms with Crippen LogP contribution in [0.15, 0.2) is 58.5 Å². The fourth-order valence-corrected chi connectivity index (χ4v) is 4.81. The second-order valence-electron chi connectivity index (χ2n) is 11.1. The van der Waals surface area contributed by atoms with E-state index in [4.69, 9.17) is 26.6 Å². The van der Waals surface area contributed by atoms with Crippen molar-refractivity contribution < 1.29 is 55.8 Å². The van der Waals surface area contributed by atoms with Gasteiger partial charge in [-0.25, -0.2) is 4.98 Å². The van der Waals surface area contributed by atoms with Crippen LogP contribution >= 0.6 is 11.6 Å². The second-order valence-corrected chi connectivity index (χ2v) is 11.6. The average Bonchev–Trinajstić information content (AvgIpc) is 2.83. The van der Waals surface area contributed by atoms with E-state index >= 15 is 0 Å². The van der Waals surface area contributed by atoms with E-state index in [9.17, 15) is 0 Å². The first kappa shape index (κ1) is 41.8. The van der Waals surface area contributed by atoms with Crippen LogP contribution < -0.4 is 37.2 Å². The molecule has 0 bridgehead atoms. The molecular weight excluding hydrogens is 631 g/mol.